The molecule has 0 bridgehead atoms. The summed E-state index contributed by atoms with van der Waals surface area (Å²) in [6.45, 7) is 4.12. The third kappa shape index (κ3) is 5.05. The topological polar surface area (TPSA) is 49.7 Å². The van der Waals surface area contributed by atoms with Crippen LogP contribution in [0.15, 0.2) is 48.0 Å². The van der Waals surface area contributed by atoms with E-state index in [0.29, 0.717) is 5.75 Å². The van der Waals surface area contributed by atoms with Gasteiger partial charge in [-0.05, 0) is 68.4 Å². The molecule has 0 saturated carbocycles. The molecule has 0 aromatic heterocycles. The third-order valence-corrected chi connectivity index (χ3v) is 4.06. The van der Waals surface area contributed by atoms with Gasteiger partial charge in [-0.2, -0.15) is 0 Å². The summed E-state index contributed by atoms with van der Waals surface area (Å²) in [5, 5.41) is 19.5. The Kier molecular flexibility index (Phi) is 6.30. The molecule has 0 heterocycles. The highest BCUT2D eigenvalue weighted by Crippen LogP contribution is 2.26. The number of allylic oxidation sites excluding steroid dienone is 2. The van der Waals surface area contributed by atoms with Crippen LogP contribution in [0.5, 0.6) is 17.2 Å². The molecule has 0 aliphatic carbocycles. The summed E-state index contributed by atoms with van der Waals surface area (Å²) in [5.74, 6) is 1.31. The molecular weight excluding hydrogens is 300 g/mol. The Balaban J connectivity index is 2.00. The first-order valence-corrected chi connectivity index (χ1v) is 8.29. The Morgan fingerprint density at radius 2 is 1.79 bits per heavy atom. The number of aromatic hydroxyl groups is 2. The van der Waals surface area contributed by atoms with Crippen LogP contribution in [-0.4, -0.2) is 17.3 Å². The Labute approximate surface area is 144 Å². The number of ether oxygens (including phenoxy) is 1. The minimum atomic E-state index is 0.220. The number of aryl methyl sites for hydroxylation is 2. The third-order valence-electron chi connectivity index (χ3n) is 4.06. The van der Waals surface area contributed by atoms with Gasteiger partial charge in [0.25, 0.3) is 0 Å². The fourth-order valence-corrected chi connectivity index (χ4v) is 2.69. The van der Waals surface area contributed by atoms with Crippen molar-refractivity contribution in [3.63, 3.8) is 0 Å². The molecule has 128 valence electrons. The van der Waals surface area contributed by atoms with Crippen molar-refractivity contribution < 1.29 is 14.9 Å². The second-order valence-electron chi connectivity index (χ2n) is 6.30. The molecule has 0 atom stereocenters. The van der Waals surface area contributed by atoms with Crippen LogP contribution in [0.2, 0.25) is 0 Å². The van der Waals surface area contributed by atoms with E-state index >= 15 is 0 Å². The van der Waals surface area contributed by atoms with E-state index in [2.05, 4.69) is 26.0 Å². The second kappa shape index (κ2) is 8.44. The van der Waals surface area contributed by atoms with E-state index in [1.54, 1.807) is 25.3 Å². The predicted molar refractivity (Wildman–Crippen MR) is 97.9 cm³/mol. The number of hydrogen-bond donors (Lipinski definition) is 2. The maximum absolute atomic E-state index is 9.98. The number of hydrogen-bond acceptors (Lipinski definition) is 3. The van der Waals surface area contributed by atoms with Crippen molar-refractivity contribution in [3.8, 4) is 17.2 Å². The minimum Gasteiger partial charge on any atom is -0.508 e. The van der Waals surface area contributed by atoms with Gasteiger partial charge in [-0.3, -0.25) is 0 Å². The van der Waals surface area contributed by atoms with Crippen molar-refractivity contribution in [2.45, 2.75) is 39.5 Å². The van der Waals surface area contributed by atoms with E-state index in [1.807, 2.05) is 12.1 Å². The van der Waals surface area contributed by atoms with E-state index in [0.717, 1.165) is 42.6 Å². The lowest BCUT2D eigenvalue weighted by Crippen LogP contribution is -1.95. The first-order valence-electron chi connectivity index (χ1n) is 8.29. The lowest BCUT2D eigenvalue weighted by molar-refractivity contribution is 0.402. The van der Waals surface area contributed by atoms with E-state index in [9.17, 15) is 10.2 Å². The highest BCUT2D eigenvalue weighted by atomic mass is 16.5. The minimum absolute atomic E-state index is 0.220. The van der Waals surface area contributed by atoms with Crippen LogP contribution < -0.4 is 4.74 Å². The van der Waals surface area contributed by atoms with Crippen molar-refractivity contribution in [2.75, 3.05) is 7.11 Å². The van der Waals surface area contributed by atoms with Crippen molar-refractivity contribution in [2.24, 2.45) is 0 Å². The normalized spacial score (nSPS) is 10.5. The maximum Gasteiger partial charge on any atom is 0.125 e. The molecule has 0 fully saturated rings. The molecule has 0 unspecified atom stereocenters. The molecule has 0 saturated heterocycles. The number of phenolic OH excluding ortho intramolecular Hbond substituents is 2. The van der Waals surface area contributed by atoms with Crippen LogP contribution in [0.25, 0.3) is 0 Å². The summed E-state index contributed by atoms with van der Waals surface area (Å²) in [6.07, 6.45) is 5.68. The second-order valence-corrected chi connectivity index (χ2v) is 6.30. The Morgan fingerprint density at radius 3 is 2.50 bits per heavy atom. The number of phenols is 2. The predicted octanol–water partition coefficient (Wildman–Crippen LogP) is 4.79. The van der Waals surface area contributed by atoms with Crippen LogP contribution in [0.1, 0.15) is 37.0 Å². The lowest BCUT2D eigenvalue weighted by Gasteiger charge is -2.10. The van der Waals surface area contributed by atoms with E-state index in [4.69, 9.17) is 4.74 Å². The lowest BCUT2D eigenvalue weighted by atomic mass is 10.00. The first-order chi connectivity index (χ1) is 11.5. The zero-order valence-electron chi connectivity index (χ0n) is 14.7. The first kappa shape index (κ1) is 17.9. The van der Waals surface area contributed by atoms with Crippen LogP contribution in [0.4, 0.5) is 0 Å². The number of rotatable bonds is 7. The van der Waals surface area contributed by atoms with E-state index < -0.39 is 0 Å². The molecule has 0 aliphatic rings. The largest absolute Gasteiger partial charge is 0.508 e. The molecule has 24 heavy (non-hydrogen) atoms. The van der Waals surface area contributed by atoms with Crippen LogP contribution in [0, 0.1) is 0 Å². The molecule has 2 aromatic rings. The standard InChI is InChI=1S/C21H26O3/c1-15(2)7-9-18-13-16(8-12-20(18)23)5-4-6-17-10-11-19(22)14-21(17)24-3/h7-8,10-14,22-23H,4-6,9H2,1-3H3. The molecular formula is C21H26O3. The van der Waals surface area contributed by atoms with Gasteiger partial charge >= 0.3 is 0 Å². The van der Waals surface area contributed by atoms with Gasteiger partial charge in [-0.1, -0.05) is 29.8 Å². The van der Waals surface area contributed by atoms with E-state index in [1.165, 1.54) is 11.1 Å². The summed E-state index contributed by atoms with van der Waals surface area (Å²) in [7, 11) is 1.62. The van der Waals surface area contributed by atoms with Crippen molar-refractivity contribution in [1.82, 2.24) is 0 Å². The van der Waals surface area contributed by atoms with Gasteiger partial charge in [0.15, 0.2) is 0 Å². The summed E-state index contributed by atoms with van der Waals surface area (Å²) in [5.41, 5.74) is 4.54. The summed E-state index contributed by atoms with van der Waals surface area (Å²) < 4.78 is 5.32. The van der Waals surface area contributed by atoms with Gasteiger partial charge in [-0.15, -0.1) is 0 Å². The Hall–Kier alpha value is -2.42. The molecule has 2 N–H and O–H groups in total. The van der Waals surface area contributed by atoms with Crippen LogP contribution in [-0.2, 0) is 19.3 Å². The van der Waals surface area contributed by atoms with Gasteiger partial charge in [0.05, 0.1) is 7.11 Å². The summed E-state index contributed by atoms with van der Waals surface area (Å²) in [6, 6.07) is 11.1. The molecule has 2 rings (SSSR count). The molecule has 0 amide bonds. The molecule has 2 aromatic carbocycles. The van der Waals surface area contributed by atoms with Gasteiger partial charge in [0, 0.05) is 6.07 Å². The number of benzene rings is 2. The zero-order valence-corrected chi connectivity index (χ0v) is 14.7. The van der Waals surface area contributed by atoms with Crippen LogP contribution in [0.3, 0.4) is 0 Å². The fourth-order valence-electron chi connectivity index (χ4n) is 2.69. The Morgan fingerprint density at radius 1 is 1.00 bits per heavy atom. The SMILES string of the molecule is COc1cc(O)ccc1CCCc1ccc(O)c(CC=C(C)C)c1. The van der Waals surface area contributed by atoms with Gasteiger partial charge in [0.2, 0.25) is 0 Å². The highest BCUT2D eigenvalue weighted by molar-refractivity contribution is 5.40. The molecule has 3 nitrogen and oxygen atoms in total. The average molecular weight is 326 g/mol. The van der Waals surface area contributed by atoms with Crippen molar-refractivity contribution in [1.29, 1.82) is 0 Å². The smallest absolute Gasteiger partial charge is 0.125 e. The maximum atomic E-state index is 9.98. The molecule has 0 radical (unpaired) electrons. The summed E-state index contributed by atoms with van der Waals surface area (Å²) >= 11 is 0. The average Bonchev–Trinajstić information content (AvgIpc) is 2.56. The quantitative estimate of drug-likeness (QED) is 0.719. The van der Waals surface area contributed by atoms with Gasteiger partial charge in [0.1, 0.15) is 17.2 Å². The zero-order chi connectivity index (χ0) is 17.5. The monoisotopic (exact) mass is 326 g/mol. The molecule has 0 aliphatic heterocycles. The Bertz CT molecular complexity index is 713. The fraction of sp³-hybridized carbons (Fsp3) is 0.333. The molecule has 0 spiro atoms. The number of methoxy groups -OCH3 is 1. The highest BCUT2D eigenvalue weighted by Gasteiger charge is 2.06. The van der Waals surface area contributed by atoms with Crippen molar-refractivity contribution >= 4 is 0 Å². The van der Waals surface area contributed by atoms with Crippen LogP contribution >= 0.6 is 0 Å². The molecule has 3 heteroatoms. The van der Waals surface area contributed by atoms with Gasteiger partial charge < -0.3 is 14.9 Å². The van der Waals surface area contributed by atoms with Crippen molar-refractivity contribution in [3.05, 3.63) is 64.7 Å². The summed E-state index contributed by atoms with van der Waals surface area (Å²) in [4.78, 5) is 0. The van der Waals surface area contributed by atoms with E-state index in [-0.39, 0.29) is 5.75 Å². The van der Waals surface area contributed by atoms with Gasteiger partial charge in [-0.25, -0.2) is 0 Å².